The molecule has 2 aliphatic rings. The first-order valence-electron chi connectivity index (χ1n) is 8.29. The largest absolute Gasteiger partial charge is 0.379 e. The van der Waals surface area contributed by atoms with Crippen LogP contribution in [0, 0.1) is 13.8 Å². The SMILES string of the molecule is Cc1ccc(C(N)C2(N3CCOCC3)CCCC2)c(C)c1. The lowest BCUT2D eigenvalue weighted by Gasteiger charge is -2.47. The van der Waals surface area contributed by atoms with E-state index in [0.717, 1.165) is 26.3 Å². The Morgan fingerprint density at radius 1 is 1.14 bits per heavy atom. The lowest BCUT2D eigenvalue weighted by Crippen LogP contribution is -2.57. The van der Waals surface area contributed by atoms with Crippen LogP contribution in [0.1, 0.15) is 48.4 Å². The van der Waals surface area contributed by atoms with Crippen LogP contribution in [-0.2, 0) is 4.74 Å². The predicted molar refractivity (Wildman–Crippen MR) is 86.4 cm³/mol. The van der Waals surface area contributed by atoms with Gasteiger partial charge in [0.2, 0.25) is 0 Å². The van der Waals surface area contributed by atoms with Crippen LogP contribution in [0.2, 0.25) is 0 Å². The average molecular weight is 288 g/mol. The molecule has 0 spiro atoms. The van der Waals surface area contributed by atoms with Gasteiger partial charge in [0, 0.05) is 24.7 Å². The van der Waals surface area contributed by atoms with Gasteiger partial charge in [0.05, 0.1) is 13.2 Å². The highest BCUT2D eigenvalue weighted by Gasteiger charge is 2.45. The Morgan fingerprint density at radius 2 is 1.81 bits per heavy atom. The summed E-state index contributed by atoms with van der Waals surface area (Å²) in [5.41, 5.74) is 11.0. The Balaban J connectivity index is 1.92. The minimum atomic E-state index is 0.110. The minimum absolute atomic E-state index is 0.110. The zero-order valence-corrected chi connectivity index (χ0v) is 13.4. The summed E-state index contributed by atoms with van der Waals surface area (Å²) >= 11 is 0. The molecular formula is C18H28N2O. The summed E-state index contributed by atoms with van der Waals surface area (Å²) < 4.78 is 5.55. The molecule has 116 valence electrons. The van der Waals surface area contributed by atoms with Crippen LogP contribution < -0.4 is 5.73 Å². The zero-order chi connectivity index (χ0) is 14.9. The van der Waals surface area contributed by atoms with Gasteiger partial charge >= 0.3 is 0 Å². The molecule has 0 radical (unpaired) electrons. The molecule has 1 atom stereocenters. The van der Waals surface area contributed by atoms with E-state index in [-0.39, 0.29) is 11.6 Å². The van der Waals surface area contributed by atoms with Crippen molar-refractivity contribution in [1.29, 1.82) is 0 Å². The molecule has 1 aromatic carbocycles. The maximum atomic E-state index is 6.83. The quantitative estimate of drug-likeness (QED) is 0.929. The second-order valence-electron chi connectivity index (χ2n) is 6.75. The van der Waals surface area contributed by atoms with Gasteiger partial charge in [0.25, 0.3) is 0 Å². The third-order valence-corrected chi connectivity index (χ3v) is 5.45. The van der Waals surface area contributed by atoms with Gasteiger partial charge in [-0.1, -0.05) is 36.6 Å². The van der Waals surface area contributed by atoms with Gasteiger partial charge in [-0.25, -0.2) is 0 Å². The van der Waals surface area contributed by atoms with Gasteiger partial charge in [0.1, 0.15) is 0 Å². The molecule has 1 aliphatic heterocycles. The summed E-state index contributed by atoms with van der Waals surface area (Å²) in [6, 6.07) is 6.82. The normalized spacial score (nSPS) is 24.1. The fourth-order valence-electron chi connectivity index (χ4n) is 4.28. The standard InChI is InChI=1S/C18H28N2O/c1-14-5-6-16(15(2)13-14)17(19)18(7-3-4-8-18)20-9-11-21-12-10-20/h5-6,13,17H,3-4,7-12,19H2,1-2H3. The maximum Gasteiger partial charge on any atom is 0.0594 e. The second kappa shape index (κ2) is 6.07. The predicted octanol–water partition coefficient (Wildman–Crippen LogP) is 2.95. The molecule has 3 heteroatoms. The average Bonchev–Trinajstić information content (AvgIpc) is 2.98. The Kier molecular flexibility index (Phi) is 4.34. The molecule has 1 aromatic rings. The first kappa shape index (κ1) is 15.0. The van der Waals surface area contributed by atoms with Crippen LogP contribution in [0.4, 0.5) is 0 Å². The lowest BCUT2D eigenvalue weighted by atomic mass is 9.80. The molecule has 0 amide bonds. The monoisotopic (exact) mass is 288 g/mol. The lowest BCUT2D eigenvalue weighted by molar-refractivity contribution is -0.0312. The molecule has 1 unspecified atom stereocenters. The molecule has 1 aliphatic carbocycles. The van der Waals surface area contributed by atoms with Crippen LogP contribution >= 0.6 is 0 Å². The number of morpholine rings is 1. The summed E-state index contributed by atoms with van der Waals surface area (Å²) in [7, 11) is 0. The first-order valence-corrected chi connectivity index (χ1v) is 8.29. The molecule has 0 bridgehead atoms. The van der Waals surface area contributed by atoms with Gasteiger partial charge in [-0.15, -0.1) is 0 Å². The number of ether oxygens (including phenoxy) is 1. The fourth-order valence-corrected chi connectivity index (χ4v) is 4.28. The number of nitrogens with zero attached hydrogens (tertiary/aromatic N) is 1. The zero-order valence-electron chi connectivity index (χ0n) is 13.4. The maximum absolute atomic E-state index is 6.83. The topological polar surface area (TPSA) is 38.5 Å². The van der Waals surface area contributed by atoms with E-state index in [9.17, 15) is 0 Å². The summed E-state index contributed by atoms with van der Waals surface area (Å²) in [6.45, 7) is 8.10. The number of benzene rings is 1. The molecule has 1 saturated heterocycles. The minimum Gasteiger partial charge on any atom is -0.379 e. The van der Waals surface area contributed by atoms with Crippen molar-refractivity contribution >= 4 is 0 Å². The van der Waals surface area contributed by atoms with E-state index in [1.807, 2.05) is 0 Å². The molecule has 1 heterocycles. The van der Waals surface area contributed by atoms with Crippen LogP contribution in [-0.4, -0.2) is 36.7 Å². The summed E-state index contributed by atoms with van der Waals surface area (Å²) in [5.74, 6) is 0. The third kappa shape index (κ3) is 2.75. The highest BCUT2D eigenvalue weighted by atomic mass is 16.5. The van der Waals surface area contributed by atoms with Crippen molar-refractivity contribution < 1.29 is 4.74 Å². The van der Waals surface area contributed by atoms with Gasteiger partial charge in [-0.2, -0.15) is 0 Å². The third-order valence-electron chi connectivity index (χ3n) is 5.45. The number of nitrogens with two attached hydrogens (primary N) is 1. The van der Waals surface area contributed by atoms with Gasteiger partial charge in [-0.05, 0) is 37.8 Å². The van der Waals surface area contributed by atoms with E-state index >= 15 is 0 Å². The number of aryl methyl sites for hydroxylation is 2. The molecular weight excluding hydrogens is 260 g/mol. The Hall–Kier alpha value is -0.900. The Bertz CT molecular complexity index is 488. The van der Waals surface area contributed by atoms with Gasteiger partial charge < -0.3 is 10.5 Å². The molecule has 2 fully saturated rings. The van der Waals surface area contributed by atoms with Crippen molar-refractivity contribution in [2.45, 2.75) is 51.1 Å². The molecule has 21 heavy (non-hydrogen) atoms. The first-order chi connectivity index (χ1) is 10.1. The second-order valence-corrected chi connectivity index (χ2v) is 6.75. The fraction of sp³-hybridized carbons (Fsp3) is 0.667. The summed E-state index contributed by atoms with van der Waals surface area (Å²) in [5, 5.41) is 0. The van der Waals surface area contributed by atoms with E-state index in [1.54, 1.807) is 0 Å². The van der Waals surface area contributed by atoms with Crippen LogP contribution in [0.3, 0.4) is 0 Å². The van der Waals surface area contributed by atoms with Gasteiger partial charge in [-0.3, -0.25) is 4.90 Å². The molecule has 0 aromatic heterocycles. The van der Waals surface area contributed by atoms with Gasteiger partial charge in [0.15, 0.2) is 0 Å². The smallest absolute Gasteiger partial charge is 0.0594 e. The van der Waals surface area contributed by atoms with E-state index in [4.69, 9.17) is 10.5 Å². The van der Waals surface area contributed by atoms with Crippen molar-refractivity contribution in [2.75, 3.05) is 26.3 Å². The van der Waals surface area contributed by atoms with Crippen molar-refractivity contribution in [3.8, 4) is 0 Å². The number of rotatable bonds is 3. The van der Waals surface area contributed by atoms with E-state index in [2.05, 4.69) is 36.9 Å². The molecule has 2 N–H and O–H groups in total. The molecule has 3 nitrogen and oxygen atoms in total. The molecule has 3 rings (SSSR count). The Labute approximate surface area is 128 Å². The van der Waals surface area contributed by atoms with Crippen LogP contribution in [0.15, 0.2) is 18.2 Å². The van der Waals surface area contributed by atoms with Crippen molar-refractivity contribution in [3.05, 3.63) is 34.9 Å². The van der Waals surface area contributed by atoms with Crippen LogP contribution in [0.25, 0.3) is 0 Å². The summed E-state index contributed by atoms with van der Waals surface area (Å²) in [4.78, 5) is 2.62. The van der Waals surface area contributed by atoms with Crippen molar-refractivity contribution in [3.63, 3.8) is 0 Å². The van der Waals surface area contributed by atoms with E-state index in [1.165, 1.54) is 42.4 Å². The van der Waals surface area contributed by atoms with Crippen molar-refractivity contribution in [1.82, 2.24) is 4.90 Å². The van der Waals surface area contributed by atoms with Crippen LogP contribution in [0.5, 0.6) is 0 Å². The summed E-state index contributed by atoms with van der Waals surface area (Å²) in [6.07, 6.45) is 5.05. The highest BCUT2D eigenvalue weighted by molar-refractivity contribution is 5.35. The van der Waals surface area contributed by atoms with E-state index < -0.39 is 0 Å². The molecule has 1 saturated carbocycles. The van der Waals surface area contributed by atoms with E-state index in [0.29, 0.717) is 0 Å². The highest BCUT2D eigenvalue weighted by Crippen LogP contribution is 2.44. The number of hydrogen-bond acceptors (Lipinski definition) is 3. The number of hydrogen-bond donors (Lipinski definition) is 1. The Morgan fingerprint density at radius 3 is 2.43 bits per heavy atom. The van der Waals surface area contributed by atoms with Crippen molar-refractivity contribution in [2.24, 2.45) is 5.73 Å².